The zero-order chi connectivity index (χ0) is 12.0. The maximum atomic E-state index is 12.4. The van der Waals surface area contributed by atoms with Gasteiger partial charge in [-0.3, -0.25) is 9.13 Å². The van der Waals surface area contributed by atoms with Crippen molar-refractivity contribution >= 4 is 5.82 Å². The van der Waals surface area contributed by atoms with E-state index < -0.39 is 0 Å². The number of aromatic nitrogens is 4. The molecule has 0 unspecified atom stereocenters. The van der Waals surface area contributed by atoms with Gasteiger partial charge in [0.1, 0.15) is 17.8 Å². The molecule has 0 saturated heterocycles. The van der Waals surface area contributed by atoms with Crippen molar-refractivity contribution in [2.24, 2.45) is 0 Å². The Bertz CT molecular complexity index is 584. The number of rotatable bonds is 2. The molecule has 0 radical (unpaired) electrons. The Morgan fingerprint density at radius 1 is 1.53 bits per heavy atom. The van der Waals surface area contributed by atoms with Gasteiger partial charge in [-0.2, -0.15) is 0 Å². The lowest BCUT2D eigenvalue weighted by Crippen LogP contribution is -2.33. The highest BCUT2D eigenvalue weighted by atomic mass is 16.1. The summed E-state index contributed by atoms with van der Waals surface area (Å²) in [4.78, 5) is 20.8. The topological polar surface area (TPSA) is 64.7 Å². The van der Waals surface area contributed by atoms with Gasteiger partial charge in [-0.25, -0.2) is 14.8 Å². The average Bonchev–Trinajstić information content (AvgIpc) is 2.90. The summed E-state index contributed by atoms with van der Waals surface area (Å²) in [5, 5.41) is 3.24. The van der Waals surface area contributed by atoms with Gasteiger partial charge in [0, 0.05) is 13.1 Å². The Balaban J connectivity index is 2.36. The van der Waals surface area contributed by atoms with Crippen LogP contribution in [0.5, 0.6) is 0 Å². The molecule has 0 fully saturated rings. The summed E-state index contributed by atoms with van der Waals surface area (Å²) in [6, 6.07) is 0.168. The molecule has 0 aromatic heterocycles. The van der Waals surface area contributed by atoms with Crippen LogP contribution in [0, 0.1) is 0 Å². The van der Waals surface area contributed by atoms with Crippen LogP contribution < -0.4 is 11.0 Å². The zero-order valence-corrected chi connectivity index (χ0v) is 9.97. The van der Waals surface area contributed by atoms with E-state index in [0.29, 0.717) is 12.4 Å². The average molecular weight is 233 g/mol. The normalized spacial score (nSPS) is 18.4. The van der Waals surface area contributed by atoms with Crippen molar-refractivity contribution in [1.82, 2.24) is 19.1 Å². The van der Waals surface area contributed by atoms with Gasteiger partial charge >= 0.3 is 5.69 Å². The molecule has 0 amide bonds. The molecule has 3 aliphatic heterocycles. The summed E-state index contributed by atoms with van der Waals surface area (Å²) in [5.41, 5.74) is 0.801. The molecule has 90 valence electrons. The first kappa shape index (κ1) is 10.3. The van der Waals surface area contributed by atoms with Gasteiger partial charge in [0.15, 0.2) is 5.82 Å². The van der Waals surface area contributed by atoms with E-state index in [1.165, 1.54) is 6.33 Å². The minimum absolute atomic E-state index is 0.00681. The SMILES string of the molecule is CCCn1c2ncnc-2c2n(c1=O)[C@H](C)CN2. The Kier molecular flexibility index (Phi) is 2.17. The third-order valence-electron chi connectivity index (χ3n) is 3.19. The highest BCUT2D eigenvalue weighted by Gasteiger charge is 2.28. The summed E-state index contributed by atoms with van der Waals surface area (Å²) < 4.78 is 3.50. The zero-order valence-electron chi connectivity index (χ0n) is 9.97. The Hall–Kier alpha value is -1.85. The molecule has 0 aliphatic carbocycles. The fraction of sp³-hybridized carbons (Fsp3) is 0.545. The Labute approximate surface area is 98.7 Å². The Morgan fingerprint density at radius 2 is 2.35 bits per heavy atom. The van der Waals surface area contributed by atoms with Gasteiger partial charge in [0.05, 0.1) is 6.04 Å². The molecule has 0 spiro atoms. The largest absolute Gasteiger partial charge is 0.367 e. The molecular formula is C11H15N5O. The Morgan fingerprint density at radius 3 is 3.12 bits per heavy atom. The maximum Gasteiger partial charge on any atom is 0.331 e. The fourth-order valence-electron chi connectivity index (χ4n) is 2.39. The fourth-order valence-corrected chi connectivity index (χ4v) is 2.39. The van der Waals surface area contributed by atoms with E-state index in [2.05, 4.69) is 15.3 Å². The lowest BCUT2D eigenvalue weighted by atomic mass is 10.3. The van der Waals surface area contributed by atoms with Crippen LogP contribution >= 0.6 is 0 Å². The van der Waals surface area contributed by atoms with Crippen molar-refractivity contribution < 1.29 is 0 Å². The smallest absolute Gasteiger partial charge is 0.331 e. The van der Waals surface area contributed by atoms with Crippen LogP contribution in [0.2, 0.25) is 0 Å². The molecule has 0 saturated carbocycles. The molecule has 1 atom stereocenters. The highest BCUT2D eigenvalue weighted by molar-refractivity contribution is 5.68. The van der Waals surface area contributed by atoms with Crippen molar-refractivity contribution in [2.45, 2.75) is 32.9 Å². The van der Waals surface area contributed by atoms with Gasteiger partial charge in [-0.05, 0) is 13.3 Å². The first-order valence-electron chi connectivity index (χ1n) is 5.93. The van der Waals surface area contributed by atoms with Crippen molar-refractivity contribution in [3.63, 3.8) is 0 Å². The van der Waals surface area contributed by atoms with E-state index in [0.717, 1.165) is 24.5 Å². The van der Waals surface area contributed by atoms with Crippen LogP contribution in [0.1, 0.15) is 26.3 Å². The second-order valence-corrected chi connectivity index (χ2v) is 4.43. The number of hydrogen-bond acceptors (Lipinski definition) is 4. The number of fused-ring (bicyclic) bond motifs is 3. The third kappa shape index (κ3) is 1.30. The molecule has 0 aromatic rings. The quantitative estimate of drug-likeness (QED) is 0.838. The lowest BCUT2D eigenvalue weighted by Gasteiger charge is -2.15. The molecule has 6 nitrogen and oxygen atoms in total. The lowest BCUT2D eigenvalue weighted by molar-refractivity contribution is 0.535. The number of nitrogens with zero attached hydrogens (tertiary/aromatic N) is 4. The summed E-state index contributed by atoms with van der Waals surface area (Å²) in [6.45, 7) is 5.53. The van der Waals surface area contributed by atoms with Crippen molar-refractivity contribution in [3.05, 3.63) is 16.8 Å². The van der Waals surface area contributed by atoms with Crippen LogP contribution in [0.3, 0.4) is 0 Å². The summed E-state index contributed by atoms with van der Waals surface area (Å²) in [6.07, 6.45) is 2.42. The third-order valence-corrected chi connectivity index (χ3v) is 3.19. The monoisotopic (exact) mass is 233 g/mol. The number of hydrogen-bond donors (Lipinski definition) is 1. The molecular weight excluding hydrogens is 218 g/mol. The van der Waals surface area contributed by atoms with Gasteiger partial charge in [-0.1, -0.05) is 6.92 Å². The predicted molar refractivity (Wildman–Crippen MR) is 64.4 cm³/mol. The first-order valence-corrected chi connectivity index (χ1v) is 5.93. The maximum absolute atomic E-state index is 12.4. The van der Waals surface area contributed by atoms with E-state index >= 15 is 0 Å². The van der Waals surface area contributed by atoms with Gasteiger partial charge in [0.25, 0.3) is 0 Å². The predicted octanol–water partition coefficient (Wildman–Crippen LogP) is 0.941. The number of nitrogens with one attached hydrogen (secondary N) is 1. The minimum Gasteiger partial charge on any atom is -0.367 e. The van der Waals surface area contributed by atoms with E-state index in [4.69, 9.17) is 0 Å². The minimum atomic E-state index is 0.00681. The second-order valence-electron chi connectivity index (χ2n) is 4.43. The second kappa shape index (κ2) is 3.58. The highest BCUT2D eigenvalue weighted by Crippen LogP contribution is 2.30. The molecule has 17 heavy (non-hydrogen) atoms. The molecule has 0 bridgehead atoms. The van der Waals surface area contributed by atoms with Crippen molar-refractivity contribution in [3.8, 4) is 11.5 Å². The first-order chi connectivity index (χ1) is 8.24. The van der Waals surface area contributed by atoms with Gasteiger partial charge in [0.2, 0.25) is 0 Å². The van der Waals surface area contributed by atoms with E-state index in [-0.39, 0.29) is 11.7 Å². The number of imidazole rings is 1. The summed E-state index contributed by atoms with van der Waals surface area (Å²) in [5.74, 6) is 1.49. The summed E-state index contributed by atoms with van der Waals surface area (Å²) >= 11 is 0. The summed E-state index contributed by atoms with van der Waals surface area (Å²) in [7, 11) is 0. The van der Waals surface area contributed by atoms with Crippen LogP contribution in [-0.4, -0.2) is 25.6 Å². The van der Waals surface area contributed by atoms with Gasteiger partial charge < -0.3 is 5.32 Å². The molecule has 3 heterocycles. The van der Waals surface area contributed by atoms with E-state index in [9.17, 15) is 4.79 Å². The van der Waals surface area contributed by atoms with Crippen molar-refractivity contribution in [1.29, 1.82) is 0 Å². The van der Waals surface area contributed by atoms with Crippen LogP contribution in [-0.2, 0) is 6.54 Å². The number of anilines is 1. The molecule has 1 N–H and O–H groups in total. The van der Waals surface area contributed by atoms with Crippen molar-refractivity contribution in [2.75, 3.05) is 11.9 Å². The standard InChI is InChI=1S/C11H15N5O/c1-3-4-15-9-8(13-6-14-9)10-12-5-7(2)16(10)11(15)17/h6-7,12H,3-5H2,1-2H3/t7-/m1/s1. The van der Waals surface area contributed by atoms with Crippen LogP contribution in [0.15, 0.2) is 11.1 Å². The van der Waals surface area contributed by atoms with Crippen LogP contribution in [0.25, 0.3) is 11.5 Å². The molecule has 6 heteroatoms. The van der Waals surface area contributed by atoms with Crippen LogP contribution in [0.4, 0.5) is 5.82 Å². The molecule has 3 rings (SSSR count). The van der Waals surface area contributed by atoms with Gasteiger partial charge in [-0.15, -0.1) is 0 Å². The van der Waals surface area contributed by atoms with E-state index in [1.54, 1.807) is 9.13 Å². The van der Waals surface area contributed by atoms with E-state index in [1.807, 2.05) is 13.8 Å². The molecule has 3 aliphatic rings. The molecule has 0 aromatic carbocycles.